The number of nitrogens with zero attached hydrogens (tertiary/aromatic N) is 5. The molecule has 0 atom stereocenters. The van der Waals surface area contributed by atoms with Gasteiger partial charge in [-0.3, -0.25) is 4.98 Å². The van der Waals surface area contributed by atoms with Gasteiger partial charge in [0.2, 0.25) is 10.0 Å². The molecule has 3 aromatic heterocycles. The first-order valence-corrected chi connectivity index (χ1v) is 13.9. The van der Waals surface area contributed by atoms with Crippen molar-refractivity contribution in [1.29, 1.82) is 0 Å². The number of pyridine rings is 1. The smallest absolute Gasteiger partial charge is 0.251 e. The average Bonchev–Trinajstić information content (AvgIpc) is 3.22. The third-order valence-electron chi connectivity index (χ3n) is 6.20. The molecular weight excluding hydrogens is 545 g/mol. The maximum absolute atomic E-state index is 13.2. The second-order valence-corrected chi connectivity index (χ2v) is 11.1. The van der Waals surface area contributed by atoms with Crippen LogP contribution in [0.1, 0.15) is 22.4 Å². The fourth-order valence-electron chi connectivity index (χ4n) is 4.16. The van der Waals surface area contributed by atoms with Crippen molar-refractivity contribution in [3.05, 3.63) is 106 Å². The number of aryl methyl sites for hydroxylation is 1. The van der Waals surface area contributed by atoms with E-state index in [2.05, 4.69) is 19.9 Å². The van der Waals surface area contributed by atoms with Crippen molar-refractivity contribution in [3.63, 3.8) is 0 Å². The Morgan fingerprint density at radius 1 is 0.900 bits per heavy atom. The number of fused-ring (bicyclic) bond motifs is 1. The molecule has 0 fully saturated rings. The molecule has 5 rings (SSSR count). The average molecular weight is 569 g/mol. The van der Waals surface area contributed by atoms with Crippen molar-refractivity contribution in [2.45, 2.75) is 26.2 Å². The molecule has 0 saturated carbocycles. The number of aromatic nitrogens is 5. The second-order valence-electron chi connectivity index (χ2n) is 9.31. The van der Waals surface area contributed by atoms with Crippen LogP contribution in [-0.2, 0) is 29.3 Å². The maximum atomic E-state index is 13.2. The molecular formula is C27H23F3N6O3S. The van der Waals surface area contributed by atoms with Crippen LogP contribution in [0, 0.1) is 6.92 Å². The van der Waals surface area contributed by atoms with E-state index < -0.39 is 27.6 Å². The van der Waals surface area contributed by atoms with Gasteiger partial charge in [-0.05, 0) is 35.2 Å². The fourth-order valence-corrected chi connectivity index (χ4v) is 4.59. The Bertz CT molecular complexity index is 1850. The molecule has 0 saturated heterocycles. The molecule has 40 heavy (non-hydrogen) atoms. The predicted molar refractivity (Wildman–Crippen MR) is 143 cm³/mol. The van der Waals surface area contributed by atoms with Crippen LogP contribution in [0.15, 0.2) is 77.9 Å². The lowest BCUT2D eigenvalue weighted by Crippen LogP contribution is -2.23. The molecule has 0 aliphatic rings. The molecule has 0 aliphatic carbocycles. The van der Waals surface area contributed by atoms with E-state index in [0.29, 0.717) is 22.3 Å². The Kier molecular flexibility index (Phi) is 7.02. The van der Waals surface area contributed by atoms with E-state index in [4.69, 9.17) is 0 Å². The minimum Gasteiger partial charge on any atom is -0.251 e. The predicted octanol–water partition coefficient (Wildman–Crippen LogP) is 4.04. The van der Waals surface area contributed by atoms with Crippen LogP contribution in [0.25, 0.3) is 27.9 Å². The summed E-state index contributed by atoms with van der Waals surface area (Å²) in [5.74, 6) is 0. The highest BCUT2D eigenvalue weighted by Crippen LogP contribution is 2.34. The molecule has 0 aliphatic heterocycles. The zero-order valence-electron chi connectivity index (χ0n) is 21.3. The Morgan fingerprint density at radius 3 is 2.15 bits per heavy atom. The Balaban J connectivity index is 1.60. The summed E-state index contributed by atoms with van der Waals surface area (Å²) in [6.07, 6.45) is -0.856. The minimum absolute atomic E-state index is 0.108. The van der Waals surface area contributed by atoms with Crippen LogP contribution < -0.4 is 10.4 Å². The van der Waals surface area contributed by atoms with E-state index in [-0.39, 0.29) is 18.7 Å². The Hall–Kier alpha value is -4.36. The number of halogens is 3. The van der Waals surface area contributed by atoms with Crippen LogP contribution in [0.5, 0.6) is 0 Å². The zero-order chi connectivity index (χ0) is 28.7. The standard InChI is InChI=1S/C27H23F3N6O3S/c1-17-3-8-20(9-4-17)22-15-32-36-25(24(22)21-10-5-18(6-11-21)14-33-40(2,38)39)34-35(26(36)37)16-19-7-12-23(31-13-19)27(28,29)30/h3-13,15,33H,14,16H2,1-2H3. The SMILES string of the molecule is Cc1ccc(-c2cnn3c(=O)n(Cc4ccc(C(F)(F)F)nc4)nc3c2-c2ccc(CNS(C)(=O)=O)cc2)cc1. The van der Waals surface area contributed by atoms with E-state index in [1.165, 1.54) is 6.07 Å². The highest BCUT2D eigenvalue weighted by atomic mass is 32.2. The number of benzene rings is 2. The quantitative estimate of drug-likeness (QED) is 0.317. The summed E-state index contributed by atoms with van der Waals surface area (Å²) in [7, 11) is -3.37. The lowest BCUT2D eigenvalue weighted by molar-refractivity contribution is -0.141. The highest BCUT2D eigenvalue weighted by Gasteiger charge is 2.32. The third-order valence-corrected chi connectivity index (χ3v) is 6.87. The van der Waals surface area contributed by atoms with Crippen molar-refractivity contribution in [2.75, 3.05) is 6.26 Å². The van der Waals surface area contributed by atoms with Crippen molar-refractivity contribution < 1.29 is 21.6 Å². The van der Waals surface area contributed by atoms with Gasteiger partial charge in [-0.25, -0.2) is 22.6 Å². The largest absolute Gasteiger partial charge is 0.433 e. The fraction of sp³-hybridized carbons (Fsp3) is 0.185. The molecule has 2 aromatic carbocycles. The van der Waals surface area contributed by atoms with Crippen molar-refractivity contribution >= 4 is 15.7 Å². The summed E-state index contributed by atoms with van der Waals surface area (Å²) in [5.41, 5.74) is 3.69. The Labute approximate surface area is 227 Å². The molecule has 9 nitrogen and oxygen atoms in total. The molecule has 1 N–H and O–H groups in total. The van der Waals surface area contributed by atoms with Gasteiger partial charge >= 0.3 is 11.9 Å². The number of alkyl halides is 3. The van der Waals surface area contributed by atoms with Crippen LogP contribution in [0.3, 0.4) is 0 Å². The molecule has 0 bridgehead atoms. The Morgan fingerprint density at radius 2 is 1.55 bits per heavy atom. The van der Waals surface area contributed by atoms with Crippen LogP contribution in [-0.4, -0.2) is 39.1 Å². The summed E-state index contributed by atoms with van der Waals surface area (Å²) in [4.78, 5) is 16.7. The number of nitrogens with one attached hydrogen (secondary N) is 1. The van der Waals surface area contributed by atoms with E-state index in [1.54, 1.807) is 30.5 Å². The first-order valence-electron chi connectivity index (χ1n) is 12.0. The molecule has 13 heteroatoms. The summed E-state index contributed by atoms with van der Waals surface area (Å²) in [5, 5.41) is 8.84. The summed E-state index contributed by atoms with van der Waals surface area (Å²) >= 11 is 0. The first kappa shape index (κ1) is 27.2. The van der Waals surface area contributed by atoms with E-state index in [9.17, 15) is 26.4 Å². The minimum atomic E-state index is -4.57. The monoisotopic (exact) mass is 568 g/mol. The van der Waals surface area contributed by atoms with Crippen molar-refractivity contribution in [3.8, 4) is 22.3 Å². The first-order chi connectivity index (χ1) is 18.9. The summed E-state index contributed by atoms with van der Waals surface area (Å²) < 4.78 is 66.4. The van der Waals surface area contributed by atoms with Gasteiger partial charge in [0.05, 0.1) is 19.0 Å². The molecule has 0 radical (unpaired) electrons. The van der Waals surface area contributed by atoms with Crippen LogP contribution in [0.4, 0.5) is 13.2 Å². The topological polar surface area (TPSA) is 111 Å². The van der Waals surface area contributed by atoms with Gasteiger partial charge in [0.1, 0.15) is 5.69 Å². The highest BCUT2D eigenvalue weighted by molar-refractivity contribution is 7.88. The van der Waals surface area contributed by atoms with Gasteiger partial charge < -0.3 is 0 Å². The van der Waals surface area contributed by atoms with Crippen LogP contribution >= 0.6 is 0 Å². The van der Waals surface area contributed by atoms with Gasteiger partial charge in [-0.15, -0.1) is 5.10 Å². The molecule has 5 aromatic rings. The van der Waals surface area contributed by atoms with Gasteiger partial charge in [0.25, 0.3) is 0 Å². The molecule has 3 heterocycles. The summed E-state index contributed by atoms with van der Waals surface area (Å²) in [6.45, 7) is 1.97. The molecule has 0 unspecified atom stereocenters. The maximum Gasteiger partial charge on any atom is 0.433 e. The number of rotatable bonds is 7. The van der Waals surface area contributed by atoms with Gasteiger partial charge in [0.15, 0.2) is 5.65 Å². The van der Waals surface area contributed by atoms with E-state index in [0.717, 1.165) is 44.4 Å². The molecule has 0 amide bonds. The third kappa shape index (κ3) is 5.80. The second kappa shape index (κ2) is 10.3. The lowest BCUT2D eigenvalue weighted by atomic mass is 9.96. The van der Waals surface area contributed by atoms with Gasteiger partial charge in [-0.1, -0.05) is 60.2 Å². The van der Waals surface area contributed by atoms with Gasteiger partial charge in [0, 0.05) is 23.9 Å². The van der Waals surface area contributed by atoms with Crippen LogP contribution in [0.2, 0.25) is 0 Å². The lowest BCUT2D eigenvalue weighted by Gasteiger charge is -2.12. The summed E-state index contributed by atoms with van der Waals surface area (Å²) in [6, 6.07) is 17.0. The van der Waals surface area contributed by atoms with Crippen molar-refractivity contribution in [1.82, 2.24) is 29.1 Å². The number of sulfonamides is 1. The van der Waals surface area contributed by atoms with E-state index >= 15 is 0 Å². The number of hydrogen-bond donors (Lipinski definition) is 1. The van der Waals surface area contributed by atoms with Crippen molar-refractivity contribution in [2.24, 2.45) is 0 Å². The molecule has 206 valence electrons. The molecule has 0 spiro atoms. The normalized spacial score (nSPS) is 12.2. The van der Waals surface area contributed by atoms with E-state index in [1.807, 2.05) is 31.2 Å². The zero-order valence-corrected chi connectivity index (χ0v) is 22.2. The number of hydrogen-bond acceptors (Lipinski definition) is 6. The van der Waals surface area contributed by atoms with Gasteiger partial charge in [-0.2, -0.15) is 22.8 Å².